The van der Waals surface area contributed by atoms with Gasteiger partial charge in [-0.05, 0) is 6.26 Å². The molecule has 0 bridgehead atoms. The number of primary sulfonamides is 1. The van der Waals surface area contributed by atoms with Gasteiger partial charge in [-0.1, -0.05) is 11.8 Å². The average Bonchev–Trinajstić information content (AvgIpc) is 2.68. The van der Waals surface area contributed by atoms with Crippen molar-refractivity contribution in [2.45, 2.75) is 11.6 Å². The zero-order chi connectivity index (χ0) is 14.0. The molecule has 1 saturated heterocycles. The smallest absolute Gasteiger partial charge is 0.236 e. The second kappa shape index (κ2) is 5.39. The van der Waals surface area contributed by atoms with Crippen molar-refractivity contribution in [2.24, 2.45) is 11.1 Å². The Labute approximate surface area is 114 Å². The number of anilines is 1. The number of nitrogens with zero attached hydrogens (tertiary/aromatic N) is 4. The van der Waals surface area contributed by atoms with E-state index in [4.69, 9.17) is 5.14 Å². The summed E-state index contributed by atoms with van der Waals surface area (Å²) in [7, 11) is -3.59. The molecule has 2 N–H and O–H groups in total. The molecule has 10 heteroatoms. The fourth-order valence-corrected chi connectivity index (χ4v) is 3.12. The van der Waals surface area contributed by atoms with Crippen molar-refractivity contribution in [3.8, 4) is 0 Å². The Morgan fingerprint density at radius 2 is 2.26 bits per heavy atom. The molecular weight excluding hydrogens is 290 g/mol. The highest BCUT2D eigenvalue weighted by Gasteiger charge is 2.34. The van der Waals surface area contributed by atoms with Gasteiger partial charge in [0.05, 0.1) is 5.75 Å². The van der Waals surface area contributed by atoms with Crippen molar-refractivity contribution in [1.29, 1.82) is 0 Å². The highest BCUT2D eigenvalue weighted by molar-refractivity contribution is 7.98. The number of aromatic nitrogens is 3. The molecule has 2 heterocycles. The monoisotopic (exact) mass is 303 g/mol. The average molecular weight is 303 g/mol. The van der Waals surface area contributed by atoms with Gasteiger partial charge in [0.25, 0.3) is 0 Å². The molecule has 1 aromatic heterocycles. The Morgan fingerprint density at radius 3 is 2.89 bits per heavy atom. The lowest BCUT2D eigenvalue weighted by Gasteiger charge is -2.14. The van der Waals surface area contributed by atoms with Crippen molar-refractivity contribution >= 4 is 33.6 Å². The van der Waals surface area contributed by atoms with E-state index in [1.807, 2.05) is 6.26 Å². The molecule has 1 aliphatic heterocycles. The Balaban J connectivity index is 2.15. The molecule has 1 fully saturated rings. The van der Waals surface area contributed by atoms with Crippen LogP contribution in [0.1, 0.15) is 6.42 Å². The largest absolute Gasteiger partial charge is 0.280 e. The van der Waals surface area contributed by atoms with E-state index in [0.29, 0.717) is 5.16 Å². The van der Waals surface area contributed by atoms with E-state index in [1.165, 1.54) is 23.0 Å². The topological polar surface area (TPSA) is 119 Å². The number of hydrogen-bond acceptors (Lipinski definition) is 7. The molecule has 1 aliphatic rings. The number of sulfonamides is 1. The van der Waals surface area contributed by atoms with Crippen molar-refractivity contribution in [1.82, 2.24) is 15.0 Å². The van der Waals surface area contributed by atoms with E-state index < -0.39 is 10.0 Å². The molecule has 1 unspecified atom stereocenters. The first kappa shape index (κ1) is 14.2. The van der Waals surface area contributed by atoms with E-state index >= 15 is 0 Å². The first-order valence-corrected chi connectivity index (χ1v) is 8.37. The highest BCUT2D eigenvalue weighted by atomic mass is 32.2. The van der Waals surface area contributed by atoms with Gasteiger partial charge in [0.15, 0.2) is 5.16 Å². The van der Waals surface area contributed by atoms with Gasteiger partial charge in [-0.25, -0.2) is 23.5 Å². The summed E-state index contributed by atoms with van der Waals surface area (Å²) in [6.45, 7) is 0.257. The van der Waals surface area contributed by atoms with E-state index in [-0.39, 0.29) is 36.5 Å². The SMILES string of the molecule is CSc1ncnc(N2CC(CS(N)(=O)=O)CC2=O)n1. The first-order valence-electron chi connectivity index (χ1n) is 5.43. The number of amides is 1. The van der Waals surface area contributed by atoms with Gasteiger partial charge in [0.1, 0.15) is 6.33 Å². The first-order chi connectivity index (χ1) is 8.89. The van der Waals surface area contributed by atoms with Crippen molar-refractivity contribution in [3.63, 3.8) is 0 Å². The van der Waals surface area contributed by atoms with E-state index in [9.17, 15) is 13.2 Å². The number of nitrogens with two attached hydrogens (primary N) is 1. The lowest BCUT2D eigenvalue weighted by atomic mass is 10.1. The van der Waals surface area contributed by atoms with Crippen LogP contribution in [0.2, 0.25) is 0 Å². The minimum atomic E-state index is -3.59. The van der Waals surface area contributed by atoms with Crippen molar-refractivity contribution in [2.75, 3.05) is 23.5 Å². The third-order valence-electron chi connectivity index (χ3n) is 2.63. The van der Waals surface area contributed by atoms with Gasteiger partial charge >= 0.3 is 0 Å². The number of carbonyl (C=O) groups is 1. The van der Waals surface area contributed by atoms with Crippen LogP contribution < -0.4 is 10.0 Å². The molecule has 104 valence electrons. The zero-order valence-electron chi connectivity index (χ0n) is 10.2. The van der Waals surface area contributed by atoms with Gasteiger partial charge < -0.3 is 0 Å². The predicted molar refractivity (Wildman–Crippen MR) is 70.0 cm³/mol. The quantitative estimate of drug-likeness (QED) is 0.726. The summed E-state index contributed by atoms with van der Waals surface area (Å²) in [5.41, 5.74) is 0. The summed E-state index contributed by atoms with van der Waals surface area (Å²) in [5, 5.41) is 5.50. The lowest BCUT2D eigenvalue weighted by Crippen LogP contribution is -2.29. The van der Waals surface area contributed by atoms with Crippen LogP contribution in [0.15, 0.2) is 11.5 Å². The van der Waals surface area contributed by atoms with Gasteiger partial charge in [-0.15, -0.1) is 0 Å². The molecule has 8 nitrogen and oxygen atoms in total. The maximum absolute atomic E-state index is 11.9. The third-order valence-corrected chi connectivity index (χ3v) is 4.13. The van der Waals surface area contributed by atoms with E-state index in [1.54, 1.807) is 0 Å². The van der Waals surface area contributed by atoms with Gasteiger partial charge in [0, 0.05) is 18.9 Å². The summed E-state index contributed by atoms with van der Waals surface area (Å²) in [5.74, 6) is -0.486. The number of thioether (sulfide) groups is 1. The molecule has 19 heavy (non-hydrogen) atoms. The van der Waals surface area contributed by atoms with Crippen LogP contribution in [-0.2, 0) is 14.8 Å². The lowest BCUT2D eigenvalue weighted by molar-refractivity contribution is -0.117. The fraction of sp³-hybridized carbons (Fsp3) is 0.556. The summed E-state index contributed by atoms with van der Waals surface area (Å²) in [6.07, 6.45) is 3.28. The minimum Gasteiger partial charge on any atom is -0.280 e. The van der Waals surface area contributed by atoms with Gasteiger partial charge in [0.2, 0.25) is 21.9 Å². The van der Waals surface area contributed by atoms with E-state index in [0.717, 1.165) is 0 Å². The molecule has 0 aromatic carbocycles. The summed E-state index contributed by atoms with van der Waals surface area (Å²) in [6, 6.07) is 0. The maximum atomic E-state index is 11.9. The molecular formula is C9H13N5O3S2. The van der Waals surface area contributed by atoms with Crippen molar-refractivity contribution in [3.05, 3.63) is 6.33 Å². The third kappa shape index (κ3) is 3.61. The Kier molecular flexibility index (Phi) is 4.02. The molecule has 1 aromatic rings. The molecule has 0 saturated carbocycles. The number of carbonyl (C=O) groups excluding carboxylic acids is 1. The Bertz CT molecular complexity index is 591. The second-order valence-corrected chi connectivity index (χ2v) is 6.61. The van der Waals surface area contributed by atoms with Crippen LogP contribution in [0.3, 0.4) is 0 Å². The van der Waals surface area contributed by atoms with Crippen LogP contribution >= 0.6 is 11.8 Å². The number of rotatable bonds is 4. The Hall–Kier alpha value is -1.26. The highest BCUT2D eigenvalue weighted by Crippen LogP contribution is 2.23. The molecule has 0 spiro atoms. The zero-order valence-corrected chi connectivity index (χ0v) is 11.8. The van der Waals surface area contributed by atoms with Crippen LogP contribution in [-0.4, -0.2) is 47.8 Å². The van der Waals surface area contributed by atoms with E-state index in [2.05, 4.69) is 15.0 Å². The minimum absolute atomic E-state index is 0.136. The van der Waals surface area contributed by atoms with Crippen LogP contribution in [0, 0.1) is 5.92 Å². The summed E-state index contributed by atoms with van der Waals surface area (Å²) in [4.78, 5) is 25.2. The maximum Gasteiger partial charge on any atom is 0.236 e. The molecule has 1 amide bonds. The summed E-state index contributed by atoms with van der Waals surface area (Å²) >= 11 is 1.34. The van der Waals surface area contributed by atoms with Gasteiger partial charge in [-0.3, -0.25) is 9.69 Å². The molecule has 0 aliphatic carbocycles. The standard InChI is InChI=1S/C9H13N5O3S2/c1-18-9-12-5-11-8(13-9)14-3-6(2-7(14)15)4-19(10,16)17/h5-6H,2-4H2,1H3,(H2,10,16,17). The molecule has 1 atom stereocenters. The fourth-order valence-electron chi connectivity index (χ4n) is 1.92. The Morgan fingerprint density at radius 1 is 1.53 bits per heavy atom. The van der Waals surface area contributed by atoms with Gasteiger partial charge in [-0.2, -0.15) is 4.98 Å². The van der Waals surface area contributed by atoms with Crippen LogP contribution in [0.25, 0.3) is 0 Å². The second-order valence-electron chi connectivity index (χ2n) is 4.18. The van der Waals surface area contributed by atoms with Crippen molar-refractivity contribution < 1.29 is 13.2 Å². The van der Waals surface area contributed by atoms with Crippen LogP contribution in [0.4, 0.5) is 5.95 Å². The summed E-state index contributed by atoms with van der Waals surface area (Å²) < 4.78 is 22.1. The predicted octanol–water partition coefficient (Wildman–Crippen LogP) is -0.765. The molecule has 2 rings (SSSR count). The molecule has 0 radical (unpaired) electrons. The van der Waals surface area contributed by atoms with Crippen LogP contribution in [0.5, 0.6) is 0 Å². The normalized spacial score (nSPS) is 20.0. The number of hydrogen-bond donors (Lipinski definition) is 1.